The van der Waals surface area contributed by atoms with Crippen molar-refractivity contribution in [3.8, 4) is 0 Å². The van der Waals surface area contributed by atoms with E-state index < -0.39 is 0 Å². The number of amides is 1. The molecule has 0 saturated carbocycles. The molecule has 0 fully saturated rings. The number of pyridine rings is 1. The minimum absolute atomic E-state index is 0.294. The van der Waals surface area contributed by atoms with Gasteiger partial charge in [-0.2, -0.15) is 10.2 Å². The van der Waals surface area contributed by atoms with Crippen LogP contribution in [0.3, 0.4) is 0 Å². The summed E-state index contributed by atoms with van der Waals surface area (Å²) in [6, 6.07) is 14.6. The number of rotatable bonds is 5. The third-order valence-electron chi connectivity index (χ3n) is 3.18. The van der Waals surface area contributed by atoms with Gasteiger partial charge in [0.05, 0.1) is 18.5 Å². The van der Waals surface area contributed by atoms with E-state index >= 15 is 0 Å². The number of aromatic nitrogens is 3. The molecule has 0 saturated heterocycles. The maximum Gasteiger partial charge on any atom is 0.291 e. The molecule has 7 heteroatoms. The highest BCUT2D eigenvalue weighted by Gasteiger charge is 2.08. The highest BCUT2D eigenvalue weighted by Crippen LogP contribution is 2.10. The van der Waals surface area contributed by atoms with Crippen molar-refractivity contribution in [2.24, 2.45) is 5.10 Å². The summed E-state index contributed by atoms with van der Waals surface area (Å²) in [6.07, 6.45) is 4.87. The summed E-state index contributed by atoms with van der Waals surface area (Å²) in [5, 5.41) is 8.79. The Morgan fingerprint density at radius 1 is 1.21 bits per heavy atom. The van der Waals surface area contributed by atoms with Gasteiger partial charge >= 0.3 is 0 Å². The molecule has 120 valence electrons. The summed E-state index contributed by atoms with van der Waals surface area (Å²) < 4.78 is 1.68. The zero-order chi connectivity index (χ0) is 16.8. The topological polar surface area (TPSA) is 72.2 Å². The Morgan fingerprint density at radius 3 is 2.79 bits per heavy atom. The molecular weight excluding hydrogens is 326 g/mol. The van der Waals surface area contributed by atoms with Crippen LogP contribution in [0, 0.1) is 0 Å². The molecule has 1 amide bonds. The molecule has 0 spiro atoms. The summed E-state index contributed by atoms with van der Waals surface area (Å²) in [6.45, 7) is 0.557. The van der Waals surface area contributed by atoms with Crippen molar-refractivity contribution in [2.75, 3.05) is 0 Å². The van der Waals surface area contributed by atoms with Gasteiger partial charge in [0.2, 0.25) is 0 Å². The Kier molecular flexibility index (Phi) is 4.98. The average molecular weight is 340 g/mol. The van der Waals surface area contributed by atoms with E-state index in [2.05, 4.69) is 20.6 Å². The van der Waals surface area contributed by atoms with Crippen LogP contribution in [0.15, 0.2) is 66.0 Å². The van der Waals surface area contributed by atoms with Crippen molar-refractivity contribution < 1.29 is 4.79 Å². The predicted octanol–water partition coefficient (Wildman–Crippen LogP) is 2.74. The fourth-order valence-electron chi connectivity index (χ4n) is 2.01. The lowest BCUT2D eigenvalue weighted by Gasteiger charge is -2.02. The van der Waals surface area contributed by atoms with Gasteiger partial charge in [-0.3, -0.25) is 14.5 Å². The molecule has 0 aliphatic rings. The number of hydrazone groups is 1. The van der Waals surface area contributed by atoms with Crippen LogP contribution in [0.5, 0.6) is 0 Å². The minimum Gasteiger partial charge on any atom is -0.268 e. The van der Waals surface area contributed by atoms with Crippen LogP contribution in [0.2, 0.25) is 5.02 Å². The van der Waals surface area contributed by atoms with Crippen molar-refractivity contribution in [2.45, 2.75) is 6.54 Å². The second-order valence-electron chi connectivity index (χ2n) is 4.98. The largest absolute Gasteiger partial charge is 0.291 e. The molecule has 2 heterocycles. The SMILES string of the molecule is O=C(N/N=C\c1ccccn1)c1ccn(Cc2ccc(Cl)cc2)n1. The van der Waals surface area contributed by atoms with Crippen molar-refractivity contribution in [1.82, 2.24) is 20.2 Å². The number of nitrogens with zero attached hydrogens (tertiary/aromatic N) is 4. The van der Waals surface area contributed by atoms with Crippen LogP contribution in [0.4, 0.5) is 0 Å². The number of benzene rings is 1. The number of carbonyl (C=O) groups excluding carboxylic acids is 1. The molecule has 0 atom stereocenters. The first-order chi connectivity index (χ1) is 11.7. The Hall–Kier alpha value is -2.99. The van der Waals surface area contributed by atoms with E-state index in [-0.39, 0.29) is 5.91 Å². The lowest BCUT2D eigenvalue weighted by molar-refractivity contribution is 0.0949. The van der Waals surface area contributed by atoms with E-state index in [0.29, 0.717) is 23.0 Å². The molecule has 24 heavy (non-hydrogen) atoms. The van der Waals surface area contributed by atoms with Gasteiger partial charge in [-0.25, -0.2) is 5.43 Å². The summed E-state index contributed by atoms with van der Waals surface area (Å²) >= 11 is 5.86. The monoisotopic (exact) mass is 339 g/mol. The lowest BCUT2D eigenvalue weighted by Crippen LogP contribution is -2.18. The zero-order valence-electron chi connectivity index (χ0n) is 12.6. The fourth-order valence-corrected chi connectivity index (χ4v) is 2.14. The van der Waals surface area contributed by atoms with Crippen LogP contribution >= 0.6 is 11.6 Å². The van der Waals surface area contributed by atoms with Crippen molar-refractivity contribution >= 4 is 23.7 Å². The number of carbonyl (C=O) groups is 1. The van der Waals surface area contributed by atoms with Crippen LogP contribution in [-0.2, 0) is 6.54 Å². The zero-order valence-corrected chi connectivity index (χ0v) is 13.4. The van der Waals surface area contributed by atoms with E-state index in [0.717, 1.165) is 5.56 Å². The molecule has 2 aromatic heterocycles. The van der Waals surface area contributed by atoms with Gasteiger partial charge in [0, 0.05) is 17.4 Å². The Balaban J connectivity index is 1.59. The Labute approximate surface area is 143 Å². The van der Waals surface area contributed by atoms with Gasteiger partial charge < -0.3 is 0 Å². The average Bonchev–Trinajstić information content (AvgIpc) is 3.06. The fraction of sp³-hybridized carbons (Fsp3) is 0.0588. The first-order valence-corrected chi connectivity index (χ1v) is 7.61. The predicted molar refractivity (Wildman–Crippen MR) is 92.1 cm³/mol. The smallest absolute Gasteiger partial charge is 0.268 e. The Bertz CT molecular complexity index is 843. The molecule has 1 aromatic carbocycles. The maximum atomic E-state index is 12.0. The Morgan fingerprint density at radius 2 is 2.04 bits per heavy atom. The van der Waals surface area contributed by atoms with Gasteiger partial charge in [-0.15, -0.1) is 0 Å². The molecule has 3 aromatic rings. The van der Waals surface area contributed by atoms with Gasteiger partial charge in [0.25, 0.3) is 5.91 Å². The quantitative estimate of drug-likeness (QED) is 0.574. The van der Waals surface area contributed by atoms with Crippen LogP contribution < -0.4 is 5.43 Å². The summed E-state index contributed by atoms with van der Waals surface area (Å²) in [5.41, 5.74) is 4.43. The van der Waals surface area contributed by atoms with Gasteiger partial charge in [-0.05, 0) is 35.9 Å². The van der Waals surface area contributed by atoms with Crippen LogP contribution in [0.1, 0.15) is 21.7 Å². The highest BCUT2D eigenvalue weighted by molar-refractivity contribution is 6.30. The van der Waals surface area contributed by atoms with E-state index in [9.17, 15) is 4.79 Å². The van der Waals surface area contributed by atoms with Gasteiger partial charge in [-0.1, -0.05) is 29.8 Å². The van der Waals surface area contributed by atoms with Gasteiger partial charge in [0.15, 0.2) is 5.69 Å². The van der Waals surface area contributed by atoms with Crippen LogP contribution in [0.25, 0.3) is 0 Å². The second kappa shape index (κ2) is 7.52. The minimum atomic E-state index is -0.378. The third kappa shape index (κ3) is 4.27. The van der Waals surface area contributed by atoms with E-state index in [4.69, 9.17) is 11.6 Å². The number of nitrogens with one attached hydrogen (secondary N) is 1. The van der Waals surface area contributed by atoms with Crippen molar-refractivity contribution in [3.05, 3.63) is 82.9 Å². The second-order valence-corrected chi connectivity index (χ2v) is 5.42. The van der Waals surface area contributed by atoms with Crippen molar-refractivity contribution in [1.29, 1.82) is 0 Å². The molecule has 0 radical (unpaired) electrons. The standard InChI is InChI=1S/C17H14ClN5O/c18-14-6-4-13(5-7-14)12-23-10-8-16(22-23)17(24)21-20-11-15-3-1-2-9-19-15/h1-11H,12H2,(H,21,24)/b20-11-. The molecule has 1 N–H and O–H groups in total. The molecule has 6 nitrogen and oxygen atoms in total. The summed E-state index contributed by atoms with van der Waals surface area (Å²) in [5.74, 6) is -0.378. The molecular formula is C17H14ClN5O. The van der Waals surface area contributed by atoms with Crippen LogP contribution in [-0.4, -0.2) is 26.9 Å². The number of halogens is 1. The maximum absolute atomic E-state index is 12.0. The highest BCUT2D eigenvalue weighted by atomic mass is 35.5. The summed E-state index contributed by atoms with van der Waals surface area (Å²) in [7, 11) is 0. The summed E-state index contributed by atoms with van der Waals surface area (Å²) in [4.78, 5) is 16.1. The normalized spacial score (nSPS) is 10.9. The van der Waals surface area contributed by atoms with E-state index in [1.54, 1.807) is 29.2 Å². The molecule has 0 bridgehead atoms. The third-order valence-corrected chi connectivity index (χ3v) is 3.43. The lowest BCUT2D eigenvalue weighted by atomic mass is 10.2. The number of hydrogen-bond donors (Lipinski definition) is 1. The number of hydrogen-bond acceptors (Lipinski definition) is 4. The first kappa shape index (κ1) is 15.9. The van der Waals surface area contributed by atoms with E-state index in [1.807, 2.05) is 36.4 Å². The van der Waals surface area contributed by atoms with Crippen molar-refractivity contribution in [3.63, 3.8) is 0 Å². The molecule has 0 aliphatic carbocycles. The molecule has 0 unspecified atom stereocenters. The molecule has 0 aliphatic heterocycles. The van der Waals surface area contributed by atoms with E-state index in [1.165, 1.54) is 6.21 Å². The molecule has 3 rings (SSSR count). The first-order valence-electron chi connectivity index (χ1n) is 7.23. The van der Waals surface area contributed by atoms with Gasteiger partial charge in [0.1, 0.15) is 0 Å².